The van der Waals surface area contributed by atoms with E-state index >= 15 is 0 Å². The van der Waals surface area contributed by atoms with Crippen LogP contribution in [0.2, 0.25) is 0 Å². The molecule has 112 valence electrons. The summed E-state index contributed by atoms with van der Waals surface area (Å²) < 4.78 is 0. The lowest BCUT2D eigenvalue weighted by atomic mass is 9.50. The first kappa shape index (κ1) is 15.6. The molecule has 2 aliphatic rings. The van der Waals surface area contributed by atoms with Gasteiger partial charge in [-0.1, -0.05) is 42.4 Å². The monoisotopic (exact) mass is 272 g/mol. The highest BCUT2D eigenvalue weighted by molar-refractivity contribution is 5.17. The first-order valence-corrected chi connectivity index (χ1v) is 8.39. The van der Waals surface area contributed by atoms with Crippen molar-refractivity contribution in [2.45, 2.75) is 72.6 Å². The molecule has 0 nitrogen and oxygen atoms in total. The molecule has 0 aromatic carbocycles. The zero-order valence-electron chi connectivity index (χ0n) is 14.0. The smallest absolute Gasteiger partial charge is 0.0167 e. The molecule has 0 aliphatic heterocycles. The van der Waals surface area contributed by atoms with Gasteiger partial charge in [-0.3, -0.25) is 0 Å². The summed E-state index contributed by atoms with van der Waals surface area (Å²) in [5, 5.41) is 0. The Bertz CT molecular complexity index is 419. The highest BCUT2D eigenvalue weighted by atomic mass is 14.5. The quantitative estimate of drug-likeness (QED) is 0.518. The Labute approximate surface area is 126 Å². The Morgan fingerprint density at radius 1 is 1.40 bits per heavy atom. The van der Waals surface area contributed by atoms with Crippen LogP contribution in [0.4, 0.5) is 0 Å². The highest BCUT2D eigenvalue weighted by Gasteiger charge is 2.49. The van der Waals surface area contributed by atoms with Crippen LogP contribution in [0.15, 0.2) is 35.5 Å². The molecule has 1 saturated carbocycles. The van der Waals surface area contributed by atoms with Crippen LogP contribution in [0.5, 0.6) is 0 Å². The van der Waals surface area contributed by atoms with Crippen LogP contribution in [-0.4, -0.2) is 0 Å². The number of hydrogen-bond donors (Lipinski definition) is 0. The number of hydrogen-bond acceptors (Lipinski definition) is 0. The molecule has 2 rings (SSSR count). The van der Waals surface area contributed by atoms with E-state index in [4.69, 9.17) is 0 Å². The second kappa shape index (κ2) is 6.33. The van der Waals surface area contributed by atoms with Gasteiger partial charge in [-0.05, 0) is 83.0 Å². The van der Waals surface area contributed by atoms with Crippen LogP contribution in [0.25, 0.3) is 0 Å². The first-order chi connectivity index (χ1) is 9.42. The largest absolute Gasteiger partial charge is 0.0996 e. The third-order valence-electron chi connectivity index (χ3n) is 5.67. The molecule has 1 fully saturated rings. The predicted octanol–water partition coefficient (Wildman–Crippen LogP) is 6.45. The van der Waals surface area contributed by atoms with Crippen molar-refractivity contribution in [2.24, 2.45) is 17.3 Å². The van der Waals surface area contributed by atoms with Crippen LogP contribution >= 0.6 is 0 Å². The maximum absolute atomic E-state index is 4.40. The molecule has 0 amide bonds. The predicted molar refractivity (Wildman–Crippen MR) is 89.7 cm³/mol. The molecule has 0 aromatic heterocycles. The molecule has 0 heterocycles. The van der Waals surface area contributed by atoms with E-state index in [0.717, 1.165) is 11.8 Å². The van der Waals surface area contributed by atoms with Crippen molar-refractivity contribution >= 4 is 0 Å². The Morgan fingerprint density at radius 2 is 2.15 bits per heavy atom. The lowest BCUT2D eigenvalue weighted by Crippen LogP contribution is -2.46. The van der Waals surface area contributed by atoms with Gasteiger partial charge in [-0.25, -0.2) is 0 Å². The molecule has 0 heteroatoms. The Kier molecular flexibility index (Phi) is 4.94. The van der Waals surface area contributed by atoms with Crippen LogP contribution in [0.3, 0.4) is 0 Å². The molecule has 20 heavy (non-hydrogen) atoms. The van der Waals surface area contributed by atoms with Gasteiger partial charge in [0.25, 0.3) is 0 Å². The van der Waals surface area contributed by atoms with Crippen molar-refractivity contribution < 1.29 is 0 Å². The summed E-state index contributed by atoms with van der Waals surface area (Å²) in [5.74, 6) is 1.69. The minimum atomic E-state index is 0.560. The van der Waals surface area contributed by atoms with E-state index in [-0.39, 0.29) is 0 Å². The minimum Gasteiger partial charge on any atom is -0.0996 e. The Morgan fingerprint density at radius 3 is 2.85 bits per heavy atom. The molecule has 0 unspecified atom stereocenters. The first-order valence-electron chi connectivity index (χ1n) is 8.39. The van der Waals surface area contributed by atoms with Crippen LogP contribution in [0, 0.1) is 17.3 Å². The van der Waals surface area contributed by atoms with E-state index in [1.807, 2.05) is 0 Å². The molecule has 3 atom stereocenters. The Hall–Kier alpha value is -0.780. The SMILES string of the molecule is C=C1CCC=C(C)CC[C@H]2[C@H]1C[C@]2(C)CCC=C(C)C. The second-order valence-corrected chi connectivity index (χ2v) is 7.68. The van der Waals surface area contributed by atoms with E-state index < -0.39 is 0 Å². The highest BCUT2D eigenvalue weighted by Crippen LogP contribution is 2.59. The summed E-state index contributed by atoms with van der Waals surface area (Å²) in [7, 11) is 0. The summed E-state index contributed by atoms with van der Waals surface area (Å²) >= 11 is 0. The summed E-state index contributed by atoms with van der Waals surface area (Å²) in [6, 6.07) is 0. The maximum Gasteiger partial charge on any atom is -0.0167 e. The Balaban J connectivity index is 2.02. The zero-order valence-corrected chi connectivity index (χ0v) is 14.0. The van der Waals surface area contributed by atoms with Gasteiger partial charge in [0.1, 0.15) is 0 Å². The van der Waals surface area contributed by atoms with Crippen molar-refractivity contribution in [3.05, 3.63) is 35.5 Å². The third kappa shape index (κ3) is 3.45. The van der Waals surface area contributed by atoms with Gasteiger partial charge in [-0.15, -0.1) is 0 Å². The minimum absolute atomic E-state index is 0.560. The van der Waals surface area contributed by atoms with Gasteiger partial charge >= 0.3 is 0 Å². The normalized spacial score (nSPS) is 34.0. The topological polar surface area (TPSA) is 0 Å². The molecule has 0 saturated heterocycles. The third-order valence-corrected chi connectivity index (χ3v) is 5.67. The number of rotatable bonds is 3. The number of fused-ring (bicyclic) bond motifs is 1. The molecule has 0 bridgehead atoms. The van der Waals surface area contributed by atoms with Crippen molar-refractivity contribution in [3.63, 3.8) is 0 Å². The van der Waals surface area contributed by atoms with E-state index in [9.17, 15) is 0 Å². The fourth-order valence-corrected chi connectivity index (χ4v) is 4.25. The fraction of sp³-hybridized carbons (Fsp3) is 0.700. The molecule has 0 aromatic rings. The summed E-state index contributed by atoms with van der Waals surface area (Å²) in [5.41, 5.74) is 5.14. The summed E-state index contributed by atoms with van der Waals surface area (Å²) in [4.78, 5) is 0. The van der Waals surface area contributed by atoms with Crippen molar-refractivity contribution in [3.8, 4) is 0 Å². The van der Waals surface area contributed by atoms with Crippen LogP contribution in [0.1, 0.15) is 72.6 Å². The molecule has 0 spiro atoms. The van der Waals surface area contributed by atoms with E-state index in [1.165, 1.54) is 56.1 Å². The van der Waals surface area contributed by atoms with Crippen LogP contribution in [-0.2, 0) is 0 Å². The van der Waals surface area contributed by atoms with Gasteiger partial charge in [0, 0.05) is 0 Å². The maximum atomic E-state index is 4.40. The van der Waals surface area contributed by atoms with E-state index in [2.05, 4.69) is 46.4 Å². The van der Waals surface area contributed by atoms with Gasteiger partial charge < -0.3 is 0 Å². The van der Waals surface area contributed by atoms with Gasteiger partial charge in [0.2, 0.25) is 0 Å². The summed E-state index contributed by atoms with van der Waals surface area (Å²) in [6.07, 6.45) is 13.9. The van der Waals surface area contributed by atoms with Gasteiger partial charge in [-0.2, -0.15) is 0 Å². The van der Waals surface area contributed by atoms with Crippen molar-refractivity contribution in [1.29, 1.82) is 0 Å². The molecule has 2 aliphatic carbocycles. The van der Waals surface area contributed by atoms with Gasteiger partial charge in [0.05, 0.1) is 0 Å². The molecular weight excluding hydrogens is 240 g/mol. The molecule has 0 radical (unpaired) electrons. The summed E-state index contributed by atoms with van der Waals surface area (Å²) in [6.45, 7) is 13.7. The molecular formula is C20H32. The van der Waals surface area contributed by atoms with E-state index in [0.29, 0.717) is 5.41 Å². The van der Waals surface area contributed by atoms with Gasteiger partial charge in [0.15, 0.2) is 0 Å². The van der Waals surface area contributed by atoms with Crippen molar-refractivity contribution in [2.75, 3.05) is 0 Å². The zero-order chi connectivity index (χ0) is 14.8. The standard InChI is InChI=1S/C20H32/c1-15(2)8-7-13-20(5)14-18-17(4)10-6-9-16(3)11-12-19(18)20/h8-9,18-19H,4,6-7,10-14H2,1-3,5H3/t18-,19-,20-/m0/s1. The molecule has 0 N–H and O–H groups in total. The fourth-order valence-electron chi connectivity index (χ4n) is 4.25. The number of allylic oxidation sites excluding steroid dienone is 5. The lowest BCUT2D eigenvalue weighted by Gasteiger charge is -2.55. The second-order valence-electron chi connectivity index (χ2n) is 7.68. The van der Waals surface area contributed by atoms with E-state index in [1.54, 1.807) is 5.57 Å². The average Bonchev–Trinajstić information content (AvgIpc) is 2.39. The van der Waals surface area contributed by atoms with Crippen LogP contribution < -0.4 is 0 Å². The van der Waals surface area contributed by atoms with Crippen molar-refractivity contribution in [1.82, 2.24) is 0 Å². The lowest BCUT2D eigenvalue weighted by molar-refractivity contribution is -0.0204. The average molecular weight is 272 g/mol.